The number of nitrogens with zero attached hydrogens (tertiary/aromatic N) is 1. The van der Waals surface area contributed by atoms with Crippen LogP contribution in [0.4, 0.5) is 5.69 Å². The molecule has 1 amide bonds. The Morgan fingerprint density at radius 2 is 2.00 bits per heavy atom. The lowest BCUT2D eigenvalue weighted by atomic mass is 10.0. The molecule has 25 heavy (non-hydrogen) atoms. The van der Waals surface area contributed by atoms with E-state index in [0.29, 0.717) is 12.2 Å². The van der Waals surface area contributed by atoms with Crippen molar-refractivity contribution in [2.75, 3.05) is 11.4 Å². The largest absolute Gasteiger partial charge is 0.480 e. The first-order valence-corrected chi connectivity index (χ1v) is 9.76. The Morgan fingerprint density at radius 1 is 1.32 bits per heavy atom. The summed E-state index contributed by atoms with van der Waals surface area (Å²) in [6, 6.07) is 3.41. The van der Waals surface area contributed by atoms with Crippen molar-refractivity contribution in [3.63, 3.8) is 0 Å². The SMILES string of the molecule is CC(=O)N1CCCc2ccc(S(=O)(=O)NC(CC(C)C)C(=O)O)cc21. The molecule has 1 aliphatic heterocycles. The Morgan fingerprint density at radius 3 is 2.56 bits per heavy atom. The lowest BCUT2D eigenvalue weighted by Gasteiger charge is -2.29. The van der Waals surface area contributed by atoms with Crippen LogP contribution in [0, 0.1) is 5.92 Å². The van der Waals surface area contributed by atoms with Gasteiger partial charge in [0.2, 0.25) is 15.9 Å². The number of carbonyl (C=O) groups is 2. The molecule has 0 spiro atoms. The monoisotopic (exact) mass is 368 g/mol. The molecule has 0 aromatic heterocycles. The zero-order valence-electron chi connectivity index (χ0n) is 14.7. The van der Waals surface area contributed by atoms with Gasteiger partial charge in [0.25, 0.3) is 0 Å². The number of hydrogen-bond acceptors (Lipinski definition) is 4. The van der Waals surface area contributed by atoms with Crippen LogP contribution >= 0.6 is 0 Å². The van der Waals surface area contributed by atoms with Crippen LogP contribution in [0.5, 0.6) is 0 Å². The van der Waals surface area contributed by atoms with E-state index >= 15 is 0 Å². The van der Waals surface area contributed by atoms with Gasteiger partial charge < -0.3 is 10.0 Å². The molecule has 0 bridgehead atoms. The van der Waals surface area contributed by atoms with Crippen molar-refractivity contribution >= 4 is 27.6 Å². The molecule has 0 fully saturated rings. The van der Waals surface area contributed by atoms with Crippen molar-refractivity contribution in [2.24, 2.45) is 5.92 Å². The normalized spacial score (nSPS) is 15.8. The van der Waals surface area contributed by atoms with Crippen LogP contribution in [0.25, 0.3) is 0 Å². The molecule has 138 valence electrons. The van der Waals surface area contributed by atoms with Gasteiger partial charge in [0.15, 0.2) is 0 Å². The van der Waals surface area contributed by atoms with Crippen LogP contribution in [0.15, 0.2) is 23.1 Å². The number of aliphatic carboxylic acids is 1. The number of sulfonamides is 1. The fourth-order valence-corrected chi connectivity index (χ4v) is 4.20. The van der Waals surface area contributed by atoms with Crippen molar-refractivity contribution in [1.29, 1.82) is 0 Å². The van der Waals surface area contributed by atoms with Crippen molar-refractivity contribution in [3.05, 3.63) is 23.8 Å². The number of benzene rings is 1. The van der Waals surface area contributed by atoms with Crippen LogP contribution in [0.2, 0.25) is 0 Å². The molecule has 0 saturated heterocycles. The number of anilines is 1. The average molecular weight is 368 g/mol. The molecule has 1 unspecified atom stereocenters. The summed E-state index contributed by atoms with van der Waals surface area (Å²) < 4.78 is 27.5. The third-order valence-corrected chi connectivity index (χ3v) is 5.64. The number of carboxylic acids is 1. The predicted octanol–water partition coefficient (Wildman–Crippen LogP) is 1.76. The minimum atomic E-state index is -4.00. The standard InChI is InChI=1S/C17H24N2O5S/c1-11(2)9-15(17(21)22)18-25(23,24)14-7-6-13-5-4-8-19(12(3)20)16(13)10-14/h6-7,10-11,15,18H,4-5,8-9H2,1-3H3,(H,21,22). The molecule has 2 rings (SSSR count). The molecule has 1 aromatic carbocycles. The zero-order chi connectivity index (χ0) is 18.8. The highest BCUT2D eigenvalue weighted by atomic mass is 32.2. The summed E-state index contributed by atoms with van der Waals surface area (Å²) in [5.41, 5.74) is 1.50. The first-order valence-electron chi connectivity index (χ1n) is 8.28. The van der Waals surface area contributed by atoms with Gasteiger partial charge in [-0.1, -0.05) is 19.9 Å². The highest BCUT2D eigenvalue weighted by molar-refractivity contribution is 7.89. The first kappa shape index (κ1) is 19.4. The highest BCUT2D eigenvalue weighted by Crippen LogP contribution is 2.30. The summed E-state index contributed by atoms with van der Waals surface area (Å²) in [5, 5.41) is 9.26. The number of rotatable bonds is 6. The number of nitrogens with one attached hydrogen (secondary N) is 1. The second kappa shape index (κ2) is 7.53. The average Bonchev–Trinajstić information content (AvgIpc) is 2.52. The topological polar surface area (TPSA) is 104 Å². The van der Waals surface area contributed by atoms with E-state index in [4.69, 9.17) is 0 Å². The van der Waals surface area contributed by atoms with Gasteiger partial charge in [-0.2, -0.15) is 4.72 Å². The molecule has 8 heteroatoms. The second-order valence-corrected chi connectivity index (χ2v) is 8.42. The fraction of sp³-hybridized carbons (Fsp3) is 0.529. The number of hydrogen-bond donors (Lipinski definition) is 2. The van der Waals surface area contributed by atoms with Gasteiger partial charge in [-0.25, -0.2) is 8.42 Å². The van der Waals surface area contributed by atoms with E-state index in [1.54, 1.807) is 11.0 Å². The number of carboxylic acid groups (broad SMARTS) is 1. The molecular formula is C17H24N2O5S. The van der Waals surface area contributed by atoms with Crippen LogP contribution in [0.1, 0.15) is 39.2 Å². The molecule has 2 N–H and O–H groups in total. The van der Waals surface area contributed by atoms with E-state index in [9.17, 15) is 23.1 Å². The van der Waals surface area contributed by atoms with Crippen LogP contribution in [-0.4, -0.2) is 38.0 Å². The van der Waals surface area contributed by atoms with E-state index < -0.39 is 22.0 Å². The van der Waals surface area contributed by atoms with E-state index in [-0.39, 0.29) is 23.1 Å². The number of carbonyl (C=O) groups excluding carboxylic acids is 1. The molecule has 1 aromatic rings. The summed E-state index contributed by atoms with van der Waals surface area (Å²) in [4.78, 5) is 24.7. The third-order valence-electron chi connectivity index (χ3n) is 4.17. The summed E-state index contributed by atoms with van der Waals surface area (Å²) in [6.45, 7) is 5.64. The van der Waals surface area contributed by atoms with E-state index in [0.717, 1.165) is 18.4 Å². The van der Waals surface area contributed by atoms with Gasteiger partial charge in [-0.05, 0) is 42.9 Å². The second-order valence-electron chi connectivity index (χ2n) is 6.71. The molecule has 7 nitrogen and oxygen atoms in total. The predicted molar refractivity (Wildman–Crippen MR) is 94.0 cm³/mol. The fourth-order valence-electron chi connectivity index (χ4n) is 2.97. The van der Waals surface area contributed by atoms with Crippen molar-refractivity contribution in [3.8, 4) is 0 Å². The molecule has 1 atom stereocenters. The maximum absolute atomic E-state index is 12.6. The van der Waals surface area contributed by atoms with Gasteiger partial charge in [0.1, 0.15) is 6.04 Å². The van der Waals surface area contributed by atoms with E-state index in [2.05, 4.69) is 4.72 Å². The maximum atomic E-state index is 12.6. The summed E-state index contributed by atoms with van der Waals surface area (Å²) in [7, 11) is -4.00. The van der Waals surface area contributed by atoms with Gasteiger partial charge in [-0.3, -0.25) is 9.59 Å². The van der Waals surface area contributed by atoms with Crippen molar-refractivity contribution in [1.82, 2.24) is 4.72 Å². The molecule has 0 saturated carbocycles. The Balaban J connectivity index is 2.35. The Bertz CT molecular complexity index is 773. The Hall–Kier alpha value is -1.93. The number of aryl methyl sites for hydroxylation is 1. The van der Waals surface area contributed by atoms with Crippen molar-refractivity contribution in [2.45, 2.75) is 51.0 Å². The minimum Gasteiger partial charge on any atom is -0.480 e. The van der Waals surface area contributed by atoms with Gasteiger partial charge in [0.05, 0.1) is 4.90 Å². The van der Waals surface area contributed by atoms with Crippen LogP contribution < -0.4 is 9.62 Å². The lowest BCUT2D eigenvalue weighted by Crippen LogP contribution is -2.41. The highest BCUT2D eigenvalue weighted by Gasteiger charge is 2.28. The minimum absolute atomic E-state index is 0.0283. The van der Waals surface area contributed by atoms with Crippen LogP contribution in [-0.2, 0) is 26.0 Å². The van der Waals surface area contributed by atoms with E-state index in [1.807, 2.05) is 13.8 Å². The lowest BCUT2D eigenvalue weighted by molar-refractivity contribution is -0.139. The zero-order valence-corrected chi connectivity index (χ0v) is 15.5. The van der Waals surface area contributed by atoms with Crippen molar-refractivity contribution < 1.29 is 23.1 Å². The molecule has 0 aliphatic carbocycles. The van der Waals surface area contributed by atoms with Gasteiger partial charge in [-0.15, -0.1) is 0 Å². The Kier molecular flexibility index (Phi) is 5.84. The van der Waals surface area contributed by atoms with E-state index in [1.165, 1.54) is 19.1 Å². The molecule has 0 radical (unpaired) electrons. The smallest absolute Gasteiger partial charge is 0.321 e. The summed E-state index contributed by atoms with van der Waals surface area (Å²) in [5.74, 6) is -1.33. The summed E-state index contributed by atoms with van der Waals surface area (Å²) >= 11 is 0. The molecule has 1 aliphatic rings. The molecule has 1 heterocycles. The summed E-state index contributed by atoms with van der Waals surface area (Å²) in [6.07, 6.45) is 1.80. The first-order chi connectivity index (χ1) is 11.6. The quantitative estimate of drug-likeness (QED) is 0.796. The Labute approximate surface area is 148 Å². The number of amides is 1. The molecular weight excluding hydrogens is 344 g/mol. The van der Waals surface area contributed by atoms with Gasteiger partial charge >= 0.3 is 5.97 Å². The maximum Gasteiger partial charge on any atom is 0.321 e. The number of fused-ring (bicyclic) bond motifs is 1. The third kappa shape index (κ3) is 4.58. The van der Waals surface area contributed by atoms with Crippen LogP contribution in [0.3, 0.4) is 0 Å². The van der Waals surface area contributed by atoms with Gasteiger partial charge in [0, 0.05) is 19.2 Å².